The molecule has 2 aliphatic rings. The van der Waals surface area contributed by atoms with Crippen LogP contribution in [0.2, 0.25) is 0 Å². The topological polar surface area (TPSA) is 37.4 Å². The Kier molecular flexibility index (Phi) is 4.39. The first-order valence-corrected chi connectivity index (χ1v) is 8.94. The highest BCUT2D eigenvalue weighted by atomic mass is 16.5. The van der Waals surface area contributed by atoms with Crippen LogP contribution in [0.4, 0.5) is 5.69 Å². The molecule has 2 aliphatic heterocycles. The number of hydrogen-bond donors (Lipinski definition) is 1. The van der Waals surface area contributed by atoms with Crippen molar-refractivity contribution in [3.8, 4) is 5.75 Å². The smallest absolute Gasteiger partial charge is 0.125 e. The summed E-state index contributed by atoms with van der Waals surface area (Å²) in [6, 6.07) is 8.68. The fourth-order valence-electron chi connectivity index (χ4n) is 3.74. The van der Waals surface area contributed by atoms with Crippen LogP contribution < -0.4 is 10.1 Å². The summed E-state index contributed by atoms with van der Waals surface area (Å²) in [5, 5.41) is 3.55. The largest absolute Gasteiger partial charge is 0.490 e. The van der Waals surface area contributed by atoms with Gasteiger partial charge in [-0.15, -0.1) is 0 Å². The van der Waals surface area contributed by atoms with Crippen molar-refractivity contribution in [3.05, 3.63) is 53.3 Å². The fourth-order valence-corrected chi connectivity index (χ4v) is 3.74. The Morgan fingerprint density at radius 2 is 2.12 bits per heavy atom. The van der Waals surface area contributed by atoms with Gasteiger partial charge in [0.25, 0.3) is 0 Å². The number of aryl methyl sites for hydroxylation is 1. The number of piperidine rings is 1. The van der Waals surface area contributed by atoms with Crippen LogP contribution in [-0.2, 0) is 13.0 Å². The van der Waals surface area contributed by atoms with Crippen LogP contribution in [0.25, 0.3) is 0 Å². The number of anilines is 1. The Labute approximate surface area is 143 Å². The number of nitrogens with one attached hydrogen (secondary N) is 1. The summed E-state index contributed by atoms with van der Waals surface area (Å²) in [6.07, 6.45) is 7.33. The Morgan fingerprint density at radius 1 is 1.25 bits per heavy atom. The normalized spacial score (nSPS) is 18.2. The molecule has 4 heteroatoms. The molecule has 2 aromatic rings. The molecule has 0 radical (unpaired) electrons. The van der Waals surface area contributed by atoms with Crippen molar-refractivity contribution in [3.63, 3.8) is 0 Å². The van der Waals surface area contributed by atoms with E-state index >= 15 is 0 Å². The van der Waals surface area contributed by atoms with E-state index in [9.17, 15) is 0 Å². The molecule has 0 saturated carbocycles. The maximum atomic E-state index is 6.18. The number of ether oxygens (including phenoxy) is 1. The molecule has 1 saturated heterocycles. The Hall–Kier alpha value is -2.07. The SMILES string of the molecule is Cc1cnccc1OC1CCN(Cc2cccc3c2NCC3)CC1. The zero-order chi connectivity index (χ0) is 16.4. The van der Waals surface area contributed by atoms with Gasteiger partial charge in [0, 0.05) is 49.8 Å². The van der Waals surface area contributed by atoms with Gasteiger partial charge in [0.05, 0.1) is 0 Å². The van der Waals surface area contributed by atoms with Crippen LogP contribution in [0.15, 0.2) is 36.7 Å². The predicted molar refractivity (Wildman–Crippen MR) is 96.5 cm³/mol. The molecule has 4 rings (SSSR count). The Balaban J connectivity index is 1.34. The summed E-state index contributed by atoms with van der Waals surface area (Å²) in [4.78, 5) is 6.68. The minimum absolute atomic E-state index is 0.321. The lowest BCUT2D eigenvalue weighted by Crippen LogP contribution is -2.38. The van der Waals surface area contributed by atoms with Crippen LogP contribution in [0, 0.1) is 6.92 Å². The van der Waals surface area contributed by atoms with E-state index in [0.717, 1.165) is 56.8 Å². The zero-order valence-electron chi connectivity index (χ0n) is 14.3. The van der Waals surface area contributed by atoms with Gasteiger partial charge >= 0.3 is 0 Å². The summed E-state index contributed by atoms with van der Waals surface area (Å²) >= 11 is 0. The molecule has 1 aromatic carbocycles. The lowest BCUT2D eigenvalue weighted by atomic mass is 10.0. The minimum Gasteiger partial charge on any atom is -0.490 e. The van der Waals surface area contributed by atoms with E-state index < -0.39 is 0 Å². The fraction of sp³-hybridized carbons (Fsp3) is 0.450. The molecule has 1 aromatic heterocycles. The third kappa shape index (κ3) is 3.24. The van der Waals surface area contributed by atoms with Crippen LogP contribution in [0.3, 0.4) is 0 Å². The Bertz CT molecular complexity index is 708. The molecule has 0 aliphatic carbocycles. The summed E-state index contributed by atoms with van der Waals surface area (Å²) in [5.74, 6) is 0.980. The van der Waals surface area contributed by atoms with Gasteiger partial charge in [-0.05, 0) is 43.4 Å². The molecular formula is C20H25N3O. The lowest BCUT2D eigenvalue weighted by Gasteiger charge is -2.32. The molecule has 24 heavy (non-hydrogen) atoms. The highest BCUT2D eigenvalue weighted by Crippen LogP contribution is 2.28. The maximum absolute atomic E-state index is 6.18. The van der Waals surface area contributed by atoms with E-state index in [0.29, 0.717) is 6.10 Å². The monoisotopic (exact) mass is 323 g/mol. The number of nitrogens with zero attached hydrogens (tertiary/aromatic N) is 2. The van der Waals surface area contributed by atoms with Crippen molar-refractivity contribution in [2.75, 3.05) is 25.0 Å². The molecule has 1 fully saturated rings. The van der Waals surface area contributed by atoms with Gasteiger partial charge in [-0.2, -0.15) is 0 Å². The third-order valence-electron chi connectivity index (χ3n) is 5.12. The maximum Gasteiger partial charge on any atom is 0.125 e. The van der Waals surface area contributed by atoms with Gasteiger partial charge in [-0.1, -0.05) is 18.2 Å². The van der Waals surface area contributed by atoms with Gasteiger partial charge in [-0.25, -0.2) is 0 Å². The average molecular weight is 323 g/mol. The minimum atomic E-state index is 0.321. The zero-order valence-corrected chi connectivity index (χ0v) is 14.3. The molecule has 1 N–H and O–H groups in total. The summed E-state index contributed by atoms with van der Waals surface area (Å²) < 4.78 is 6.18. The second kappa shape index (κ2) is 6.81. The highest BCUT2D eigenvalue weighted by molar-refractivity contribution is 5.61. The number of pyridine rings is 1. The molecular weight excluding hydrogens is 298 g/mol. The van der Waals surface area contributed by atoms with Crippen molar-refractivity contribution < 1.29 is 4.74 Å². The molecule has 0 amide bonds. The number of fused-ring (bicyclic) bond motifs is 1. The van der Waals surface area contributed by atoms with Crippen molar-refractivity contribution in [2.45, 2.75) is 38.8 Å². The molecule has 0 unspecified atom stereocenters. The first kappa shape index (κ1) is 15.5. The number of aromatic nitrogens is 1. The van der Waals surface area contributed by atoms with Crippen molar-refractivity contribution in [1.82, 2.24) is 9.88 Å². The molecule has 0 bridgehead atoms. The van der Waals surface area contributed by atoms with E-state index in [1.165, 1.54) is 16.8 Å². The first-order chi connectivity index (χ1) is 11.8. The summed E-state index contributed by atoms with van der Waals surface area (Å²) in [7, 11) is 0. The van der Waals surface area contributed by atoms with Crippen molar-refractivity contribution >= 4 is 5.69 Å². The van der Waals surface area contributed by atoms with E-state index in [1.54, 1.807) is 6.20 Å². The Morgan fingerprint density at radius 3 is 2.96 bits per heavy atom. The van der Waals surface area contributed by atoms with Gasteiger partial charge < -0.3 is 10.1 Å². The molecule has 3 heterocycles. The molecule has 0 spiro atoms. The standard InChI is InChI=1S/C20H25N3O/c1-15-13-21-9-6-19(15)24-18-7-11-23(12-8-18)14-17-4-2-3-16-5-10-22-20(16)17/h2-4,6,9,13,18,22H,5,7-8,10-12,14H2,1H3. The number of hydrogen-bond acceptors (Lipinski definition) is 4. The van der Waals surface area contributed by atoms with Crippen LogP contribution in [0.5, 0.6) is 5.75 Å². The van der Waals surface area contributed by atoms with E-state index in [2.05, 4.69) is 40.3 Å². The predicted octanol–water partition coefficient (Wildman–Crippen LogP) is 3.40. The molecule has 0 atom stereocenters. The number of likely N-dealkylation sites (tertiary alicyclic amines) is 1. The van der Waals surface area contributed by atoms with Crippen LogP contribution >= 0.6 is 0 Å². The number of para-hydroxylation sites is 1. The van der Waals surface area contributed by atoms with Gasteiger partial charge in [0.15, 0.2) is 0 Å². The van der Waals surface area contributed by atoms with Crippen molar-refractivity contribution in [2.24, 2.45) is 0 Å². The average Bonchev–Trinajstić information content (AvgIpc) is 3.08. The van der Waals surface area contributed by atoms with Crippen LogP contribution in [0.1, 0.15) is 29.5 Å². The van der Waals surface area contributed by atoms with Crippen molar-refractivity contribution in [1.29, 1.82) is 0 Å². The highest BCUT2D eigenvalue weighted by Gasteiger charge is 2.22. The van der Waals surface area contributed by atoms with E-state index in [-0.39, 0.29) is 0 Å². The lowest BCUT2D eigenvalue weighted by molar-refractivity contribution is 0.0963. The number of benzene rings is 1. The first-order valence-electron chi connectivity index (χ1n) is 8.94. The van der Waals surface area contributed by atoms with Gasteiger partial charge in [0.1, 0.15) is 11.9 Å². The summed E-state index contributed by atoms with van der Waals surface area (Å²) in [5.41, 5.74) is 5.40. The third-order valence-corrected chi connectivity index (χ3v) is 5.12. The molecule has 126 valence electrons. The van der Waals surface area contributed by atoms with Crippen LogP contribution in [-0.4, -0.2) is 35.6 Å². The second-order valence-electron chi connectivity index (χ2n) is 6.86. The summed E-state index contributed by atoms with van der Waals surface area (Å²) in [6.45, 7) is 6.36. The van der Waals surface area contributed by atoms with Gasteiger partial charge in [-0.3, -0.25) is 9.88 Å². The van der Waals surface area contributed by atoms with Gasteiger partial charge in [0.2, 0.25) is 0 Å². The number of rotatable bonds is 4. The van der Waals surface area contributed by atoms with E-state index in [4.69, 9.17) is 4.74 Å². The molecule has 4 nitrogen and oxygen atoms in total. The quantitative estimate of drug-likeness (QED) is 0.936. The van der Waals surface area contributed by atoms with E-state index in [1.807, 2.05) is 12.3 Å². The second-order valence-corrected chi connectivity index (χ2v) is 6.86.